The molecule has 0 radical (unpaired) electrons. The van der Waals surface area contributed by atoms with Gasteiger partial charge in [0.25, 0.3) is 5.91 Å². The first-order chi connectivity index (χ1) is 6.13. The Kier molecular flexibility index (Phi) is 3.59. The highest BCUT2D eigenvalue weighted by Crippen LogP contribution is 2.21. The highest BCUT2D eigenvalue weighted by Gasteiger charge is 2.27. The average molecular weight is 193 g/mol. The number of halogens is 2. The number of ether oxygens (including phenoxy) is 1. The molecule has 76 valence electrons. The van der Waals surface area contributed by atoms with Gasteiger partial charge in [0.2, 0.25) is 0 Å². The molecule has 1 N–H and O–H groups in total. The van der Waals surface area contributed by atoms with E-state index in [9.17, 15) is 13.6 Å². The van der Waals surface area contributed by atoms with Crippen molar-refractivity contribution in [2.24, 2.45) is 0 Å². The van der Waals surface area contributed by atoms with Crippen molar-refractivity contribution in [1.29, 1.82) is 0 Å². The molecular formula is C8H13F2NO2. The Morgan fingerprint density at radius 2 is 2.23 bits per heavy atom. The number of hydrogen-bond acceptors (Lipinski definition) is 2. The molecule has 1 rings (SSSR count). The lowest BCUT2D eigenvalue weighted by Gasteiger charge is -2.11. The van der Waals surface area contributed by atoms with E-state index in [1.165, 1.54) is 0 Å². The first-order valence-corrected chi connectivity index (χ1v) is 4.24. The molecule has 1 fully saturated rings. The zero-order chi connectivity index (χ0) is 9.84. The second-order valence-electron chi connectivity index (χ2n) is 3.18. The van der Waals surface area contributed by atoms with Crippen LogP contribution in [0.2, 0.25) is 0 Å². The lowest BCUT2D eigenvalue weighted by molar-refractivity contribution is -0.132. The molecule has 0 aromatic rings. The quantitative estimate of drug-likeness (QED) is 0.724. The van der Waals surface area contributed by atoms with Crippen LogP contribution in [0.1, 0.15) is 19.3 Å². The Labute approximate surface area is 75.4 Å². The largest absolute Gasteiger partial charge is 0.381 e. The van der Waals surface area contributed by atoms with E-state index in [0.29, 0.717) is 6.42 Å². The number of nitrogens with one attached hydrogen (secondary N) is 1. The predicted molar refractivity (Wildman–Crippen MR) is 42.6 cm³/mol. The zero-order valence-electron chi connectivity index (χ0n) is 7.43. The van der Waals surface area contributed by atoms with Crippen LogP contribution in [0.5, 0.6) is 0 Å². The normalized spacial score (nSPS) is 28.0. The standard InChI is InChI=1S/C8H13F2NO2/c1-13-6-3-2-5(4-6)11-8(12)7(9)10/h5-7H,2-4H2,1H3,(H,11,12). The molecule has 0 aromatic heterocycles. The van der Waals surface area contributed by atoms with Gasteiger partial charge in [0, 0.05) is 13.2 Å². The van der Waals surface area contributed by atoms with Crippen molar-refractivity contribution in [2.75, 3.05) is 7.11 Å². The fourth-order valence-electron chi connectivity index (χ4n) is 1.55. The Morgan fingerprint density at radius 1 is 1.54 bits per heavy atom. The molecule has 1 aliphatic rings. The summed E-state index contributed by atoms with van der Waals surface area (Å²) >= 11 is 0. The van der Waals surface area contributed by atoms with Crippen molar-refractivity contribution in [3.63, 3.8) is 0 Å². The number of carbonyl (C=O) groups excluding carboxylic acids is 1. The van der Waals surface area contributed by atoms with E-state index in [1.54, 1.807) is 7.11 Å². The number of amides is 1. The number of methoxy groups -OCH3 is 1. The minimum absolute atomic E-state index is 0.1000. The molecule has 2 unspecified atom stereocenters. The first kappa shape index (κ1) is 10.4. The molecule has 2 atom stereocenters. The van der Waals surface area contributed by atoms with Crippen LogP contribution in [0, 0.1) is 0 Å². The molecule has 0 saturated heterocycles. The van der Waals surface area contributed by atoms with Crippen molar-refractivity contribution in [3.8, 4) is 0 Å². The summed E-state index contributed by atoms with van der Waals surface area (Å²) in [5.41, 5.74) is 0. The molecule has 3 nitrogen and oxygen atoms in total. The Hall–Kier alpha value is -0.710. The third-order valence-electron chi connectivity index (χ3n) is 2.26. The summed E-state index contributed by atoms with van der Waals surface area (Å²) in [7, 11) is 1.59. The van der Waals surface area contributed by atoms with Gasteiger partial charge in [-0.1, -0.05) is 0 Å². The fourth-order valence-corrected chi connectivity index (χ4v) is 1.55. The van der Waals surface area contributed by atoms with E-state index in [2.05, 4.69) is 5.32 Å². The predicted octanol–water partition coefficient (Wildman–Crippen LogP) is 0.935. The number of carbonyl (C=O) groups is 1. The fraction of sp³-hybridized carbons (Fsp3) is 0.875. The van der Waals surface area contributed by atoms with Gasteiger partial charge in [-0.15, -0.1) is 0 Å². The summed E-state index contributed by atoms with van der Waals surface area (Å²) < 4.78 is 28.7. The molecule has 1 saturated carbocycles. The van der Waals surface area contributed by atoms with Crippen molar-refractivity contribution in [3.05, 3.63) is 0 Å². The van der Waals surface area contributed by atoms with E-state index in [-0.39, 0.29) is 12.1 Å². The molecular weight excluding hydrogens is 180 g/mol. The van der Waals surface area contributed by atoms with Crippen LogP contribution in [0.15, 0.2) is 0 Å². The summed E-state index contributed by atoms with van der Waals surface area (Å²) in [6, 6.07) is -0.147. The molecule has 0 heterocycles. The van der Waals surface area contributed by atoms with Crippen molar-refractivity contribution in [1.82, 2.24) is 5.32 Å². The summed E-state index contributed by atoms with van der Waals surface area (Å²) in [5, 5.41) is 2.27. The lowest BCUT2D eigenvalue weighted by atomic mass is 10.2. The smallest absolute Gasteiger partial charge is 0.315 e. The molecule has 0 aromatic carbocycles. The van der Waals surface area contributed by atoms with Crippen molar-refractivity contribution >= 4 is 5.91 Å². The topological polar surface area (TPSA) is 38.3 Å². The van der Waals surface area contributed by atoms with Gasteiger partial charge in [0.1, 0.15) is 0 Å². The van der Waals surface area contributed by atoms with E-state index in [4.69, 9.17) is 4.74 Å². The average Bonchev–Trinajstić information content (AvgIpc) is 2.52. The molecule has 0 spiro atoms. The highest BCUT2D eigenvalue weighted by molar-refractivity contribution is 5.79. The van der Waals surface area contributed by atoms with Crippen molar-refractivity contribution < 1.29 is 18.3 Å². The maximum atomic E-state index is 11.8. The SMILES string of the molecule is COC1CCC(NC(=O)C(F)F)C1. The van der Waals surface area contributed by atoms with Crippen LogP contribution in [-0.4, -0.2) is 31.6 Å². The Balaban J connectivity index is 2.28. The van der Waals surface area contributed by atoms with Crippen LogP contribution in [0.25, 0.3) is 0 Å². The van der Waals surface area contributed by atoms with E-state index < -0.39 is 12.3 Å². The zero-order valence-corrected chi connectivity index (χ0v) is 7.43. The summed E-state index contributed by atoms with van der Waals surface area (Å²) in [5.74, 6) is -1.18. The van der Waals surface area contributed by atoms with E-state index in [1.807, 2.05) is 0 Å². The Bertz CT molecular complexity index is 187. The molecule has 1 amide bonds. The van der Waals surface area contributed by atoms with Gasteiger partial charge < -0.3 is 10.1 Å². The minimum atomic E-state index is -2.92. The third kappa shape index (κ3) is 2.91. The van der Waals surface area contributed by atoms with Gasteiger partial charge >= 0.3 is 6.43 Å². The van der Waals surface area contributed by atoms with Crippen molar-refractivity contribution in [2.45, 2.75) is 37.8 Å². The minimum Gasteiger partial charge on any atom is -0.381 e. The van der Waals surface area contributed by atoms with E-state index >= 15 is 0 Å². The highest BCUT2D eigenvalue weighted by atomic mass is 19.3. The van der Waals surface area contributed by atoms with Gasteiger partial charge in [-0.25, -0.2) is 0 Å². The maximum absolute atomic E-state index is 11.8. The first-order valence-electron chi connectivity index (χ1n) is 4.24. The molecule has 0 bridgehead atoms. The van der Waals surface area contributed by atoms with Crippen LogP contribution in [0.4, 0.5) is 8.78 Å². The second kappa shape index (κ2) is 4.50. The van der Waals surface area contributed by atoms with Crippen LogP contribution >= 0.6 is 0 Å². The monoisotopic (exact) mass is 193 g/mol. The third-order valence-corrected chi connectivity index (χ3v) is 2.26. The van der Waals surface area contributed by atoms with Gasteiger partial charge in [0.15, 0.2) is 0 Å². The molecule has 13 heavy (non-hydrogen) atoms. The van der Waals surface area contributed by atoms with Gasteiger partial charge in [-0.3, -0.25) is 4.79 Å². The maximum Gasteiger partial charge on any atom is 0.315 e. The number of alkyl halides is 2. The summed E-state index contributed by atoms with van der Waals surface area (Å²) in [6.07, 6.45) is -0.638. The molecule has 5 heteroatoms. The van der Waals surface area contributed by atoms with Crippen LogP contribution in [-0.2, 0) is 9.53 Å². The molecule has 1 aliphatic carbocycles. The van der Waals surface area contributed by atoms with E-state index in [0.717, 1.165) is 12.8 Å². The lowest BCUT2D eigenvalue weighted by Crippen LogP contribution is -2.37. The second-order valence-corrected chi connectivity index (χ2v) is 3.18. The number of rotatable bonds is 3. The van der Waals surface area contributed by atoms with Gasteiger partial charge in [0.05, 0.1) is 6.10 Å². The summed E-state index contributed by atoms with van der Waals surface area (Å²) in [6.45, 7) is 0. The number of hydrogen-bond donors (Lipinski definition) is 1. The summed E-state index contributed by atoms with van der Waals surface area (Å²) in [4.78, 5) is 10.6. The van der Waals surface area contributed by atoms with Crippen LogP contribution in [0.3, 0.4) is 0 Å². The Morgan fingerprint density at radius 3 is 2.69 bits per heavy atom. The van der Waals surface area contributed by atoms with Crippen LogP contribution < -0.4 is 5.32 Å². The molecule has 0 aliphatic heterocycles. The van der Waals surface area contributed by atoms with Gasteiger partial charge in [-0.05, 0) is 19.3 Å². The van der Waals surface area contributed by atoms with Gasteiger partial charge in [-0.2, -0.15) is 8.78 Å².